The summed E-state index contributed by atoms with van der Waals surface area (Å²) in [5.41, 5.74) is 6.30. The number of benzene rings is 4. The van der Waals surface area contributed by atoms with E-state index in [1.54, 1.807) is 0 Å². The smallest absolute Gasteiger partial charge is 0.119 e. The predicted molar refractivity (Wildman–Crippen MR) is 169 cm³/mol. The molecule has 1 heterocycles. The molecule has 0 aliphatic heterocycles. The lowest BCUT2D eigenvalue weighted by atomic mass is 10.1. The van der Waals surface area contributed by atoms with Crippen LogP contribution in [0.1, 0.15) is 50.7 Å². The van der Waals surface area contributed by atoms with Crippen LogP contribution in [0.15, 0.2) is 94.9 Å². The molecular weight excluding hydrogens is 494 g/mol. The molecule has 0 bridgehead atoms. The highest BCUT2D eigenvalue weighted by Gasteiger charge is 2.09. The van der Waals surface area contributed by atoms with Gasteiger partial charge in [-0.05, 0) is 96.8 Å². The van der Waals surface area contributed by atoms with Gasteiger partial charge in [-0.2, -0.15) is 0 Å². The van der Waals surface area contributed by atoms with Gasteiger partial charge in [-0.1, -0.05) is 38.8 Å². The number of ether oxygens (including phenoxy) is 2. The van der Waals surface area contributed by atoms with Gasteiger partial charge in [0.05, 0.1) is 24.6 Å². The molecule has 204 valence electrons. The predicted octanol–water partition coefficient (Wildman–Crippen LogP) is 9.19. The molecular formula is C35H37N3O2. The fraction of sp³-hybridized carbons (Fsp3) is 0.257. The maximum Gasteiger partial charge on any atom is 0.119 e. The molecule has 0 unspecified atom stereocenters. The van der Waals surface area contributed by atoms with E-state index in [1.807, 2.05) is 61.0 Å². The summed E-state index contributed by atoms with van der Waals surface area (Å²) in [5.74, 6) is 1.77. The lowest BCUT2D eigenvalue weighted by Gasteiger charge is -2.04. The summed E-state index contributed by atoms with van der Waals surface area (Å²) in [6, 6.07) is 28.9. The fourth-order valence-electron chi connectivity index (χ4n) is 4.64. The minimum absolute atomic E-state index is 0.749. The van der Waals surface area contributed by atoms with Crippen molar-refractivity contribution in [2.24, 2.45) is 17.0 Å². The zero-order valence-corrected chi connectivity index (χ0v) is 23.6. The number of unbranched alkanes of at least 4 members (excludes halogenated alkanes) is 2. The average Bonchev–Trinajstić information content (AvgIpc) is 3.27. The third-order valence-corrected chi connectivity index (χ3v) is 6.99. The number of fused-ring (bicyclic) bond motifs is 3. The first-order valence-corrected chi connectivity index (χ1v) is 14.2. The molecule has 40 heavy (non-hydrogen) atoms. The second-order valence-electron chi connectivity index (χ2n) is 10.0. The molecule has 5 rings (SSSR count). The molecule has 0 radical (unpaired) electrons. The Hall–Kier alpha value is -4.38. The quantitative estimate of drug-likeness (QED) is 0.119. The van der Waals surface area contributed by atoms with Gasteiger partial charge in [-0.25, -0.2) is 0 Å². The number of rotatable bonds is 12. The van der Waals surface area contributed by atoms with Crippen LogP contribution in [-0.4, -0.2) is 30.2 Å². The van der Waals surface area contributed by atoms with Crippen molar-refractivity contribution in [2.75, 3.05) is 13.2 Å². The molecule has 0 N–H and O–H groups in total. The van der Waals surface area contributed by atoms with Crippen LogP contribution in [0.4, 0.5) is 11.4 Å². The molecule has 5 heteroatoms. The molecule has 0 saturated carbocycles. The van der Waals surface area contributed by atoms with Crippen LogP contribution in [-0.2, 0) is 7.05 Å². The van der Waals surface area contributed by atoms with E-state index in [1.165, 1.54) is 21.8 Å². The third-order valence-electron chi connectivity index (χ3n) is 6.99. The second kappa shape index (κ2) is 13.1. The van der Waals surface area contributed by atoms with Gasteiger partial charge in [-0.15, -0.1) is 0 Å². The maximum atomic E-state index is 5.76. The van der Waals surface area contributed by atoms with Gasteiger partial charge in [0.1, 0.15) is 11.5 Å². The SMILES string of the molecule is CCCCOc1ccc(N=Cc2ccc3c(c2)c2cc(C=Nc4ccc(OCCCC)cc4)ccc2n3C)cc1. The zero-order valence-electron chi connectivity index (χ0n) is 23.6. The average molecular weight is 532 g/mol. The van der Waals surface area contributed by atoms with E-state index < -0.39 is 0 Å². The lowest BCUT2D eigenvalue weighted by Crippen LogP contribution is -1.95. The second-order valence-corrected chi connectivity index (χ2v) is 10.0. The van der Waals surface area contributed by atoms with E-state index in [0.29, 0.717) is 0 Å². The van der Waals surface area contributed by atoms with Crippen LogP contribution in [0.25, 0.3) is 21.8 Å². The van der Waals surface area contributed by atoms with Crippen molar-refractivity contribution < 1.29 is 9.47 Å². The van der Waals surface area contributed by atoms with Crippen LogP contribution < -0.4 is 9.47 Å². The highest BCUT2D eigenvalue weighted by atomic mass is 16.5. The molecule has 0 saturated heterocycles. The third kappa shape index (κ3) is 6.60. The Morgan fingerprint density at radius 2 is 1.02 bits per heavy atom. The number of aliphatic imine (C=N–C) groups is 2. The standard InChI is InChI=1S/C35H37N3O2/c1-4-6-20-39-30-14-10-28(11-15-30)36-24-26-8-18-34-32(22-26)33-23-27(9-19-35(33)38(34)3)25-37-29-12-16-31(17-13-29)40-21-7-5-2/h8-19,22-25H,4-7,20-21H2,1-3H3. The van der Waals surface area contributed by atoms with Crippen LogP contribution in [0.5, 0.6) is 11.5 Å². The molecule has 0 aliphatic carbocycles. The van der Waals surface area contributed by atoms with Crippen molar-refractivity contribution >= 4 is 45.6 Å². The van der Waals surface area contributed by atoms with Gasteiger partial charge in [0.2, 0.25) is 0 Å². The number of hydrogen-bond acceptors (Lipinski definition) is 4. The summed E-state index contributed by atoms with van der Waals surface area (Å²) >= 11 is 0. The van der Waals surface area contributed by atoms with Crippen molar-refractivity contribution in [3.63, 3.8) is 0 Å². The van der Waals surface area contributed by atoms with Crippen molar-refractivity contribution in [2.45, 2.75) is 39.5 Å². The normalized spacial score (nSPS) is 11.8. The largest absolute Gasteiger partial charge is 0.494 e. The van der Waals surface area contributed by atoms with Crippen LogP contribution in [0.2, 0.25) is 0 Å². The Morgan fingerprint density at radius 1 is 0.600 bits per heavy atom. The van der Waals surface area contributed by atoms with Gasteiger partial charge in [0.15, 0.2) is 0 Å². The molecule has 0 fully saturated rings. The van der Waals surface area contributed by atoms with E-state index in [0.717, 1.165) is 72.9 Å². The summed E-state index contributed by atoms with van der Waals surface area (Å²) in [7, 11) is 2.11. The molecule has 0 atom stereocenters. The summed E-state index contributed by atoms with van der Waals surface area (Å²) in [4.78, 5) is 9.40. The zero-order chi connectivity index (χ0) is 27.7. The topological polar surface area (TPSA) is 48.1 Å². The molecule has 0 aliphatic rings. The lowest BCUT2D eigenvalue weighted by molar-refractivity contribution is 0.309. The van der Waals surface area contributed by atoms with Crippen molar-refractivity contribution in [1.82, 2.24) is 4.57 Å². The van der Waals surface area contributed by atoms with Gasteiger partial charge >= 0.3 is 0 Å². The summed E-state index contributed by atoms with van der Waals surface area (Å²) < 4.78 is 13.8. The molecule has 0 amide bonds. The van der Waals surface area contributed by atoms with E-state index >= 15 is 0 Å². The summed E-state index contributed by atoms with van der Waals surface area (Å²) in [6.07, 6.45) is 8.23. The Bertz CT molecular complexity index is 1490. The van der Waals surface area contributed by atoms with Crippen LogP contribution in [0, 0.1) is 0 Å². The first-order valence-electron chi connectivity index (χ1n) is 14.2. The van der Waals surface area contributed by atoms with Crippen molar-refractivity contribution in [3.8, 4) is 11.5 Å². The molecule has 0 spiro atoms. The van der Waals surface area contributed by atoms with Crippen LogP contribution in [0.3, 0.4) is 0 Å². The van der Waals surface area contributed by atoms with Crippen molar-refractivity contribution in [1.29, 1.82) is 0 Å². The van der Waals surface area contributed by atoms with E-state index in [-0.39, 0.29) is 0 Å². The van der Waals surface area contributed by atoms with Crippen LogP contribution >= 0.6 is 0 Å². The van der Waals surface area contributed by atoms with Gasteiger partial charge in [0, 0.05) is 41.3 Å². The van der Waals surface area contributed by atoms with Crippen molar-refractivity contribution in [3.05, 3.63) is 96.1 Å². The number of aryl methyl sites for hydroxylation is 1. The van der Waals surface area contributed by atoms with Gasteiger partial charge < -0.3 is 14.0 Å². The fourth-order valence-corrected chi connectivity index (χ4v) is 4.64. The van der Waals surface area contributed by atoms with E-state index in [4.69, 9.17) is 19.5 Å². The summed E-state index contributed by atoms with van der Waals surface area (Å²) in [5, 5.41) is 2.40. The minimum Gasteiger partial charge on any atom is -0.494 e. The molecule has 5 nitrogen and oxygen atoms in total. The molecule has 5 aromatic rings. The first kappa shape index (κ1) is 27.2. The van der Waals surface area contributed by atoms with E-state index in [9.17, 15) is 0 Å². The highest BCUT2D eigenvalue weighted by molar-refractivity contribution is 6.10. The van der Waals surface area contributed by atoms with Gasteiger partial charge in [-0.3, -0.25) is 9.98 Å². The number of nitrogens with zero attached hydrogens (tertiary/aromatic N) is 3. The monoisotopic (exact) mass is 531 g/mol. The van der Waals surface area contributed by atoms with Gasteiger partial charge in [0.25, 0.3) is 0 Å². The molecule has 4 aromatic carbocycles. The Labute approximate surface area is 236 Å². The Balaban J connectivity index is 1.34. The summed E-state index contributed by atoms with van der Waals surface area (Å²) in [6.45, 7) is 5.82. The Morgan fingerprint density at radius 3 is 1.43 bits per heavy atom. The number of hydrogen-bond donors (Lipinski definition) is 0. The Kier molecular flexibility index (Phi) is 8.92. The highest BCUT2D eigenvalue weighted by Crippen LogP contribution is 2.30. The maximum absolute atomic E-state index is 5.76. The number of aromatic nitrogens is 1. The minimum atomic E-state index is 0.749. The first-order chi connectivity index (χ1) is 19.6. The molecule has 1 aromatic heterocycles. The van der Waals surface area contributed by atoms with E-state index in [2.05, 4.69) is 61.9 Å².